The topological polar surface area (TPSA) is 57.3 Å². The normalized spacial score (nSPS) is 11.8. The standard InChI is InChI=1S/C21H22FN3O3S/c1-5-23-21-25(17(13-29-21)15-8-6-7-9-16(15)22)24-12-14-10-11-18(26-2)20(28-4)19(14)27-3/h6-13H,5H2,1-4H3/b23-21?,24-12-. The number of hydrogen-bond acceptors (Lipinski definition) is 6. The minimum Gasteiger partial charge on any atom is -0.493 e. The quantitative estimate of drug-likeness (QED) is 0.544. The number of halogens is 1. The van der Waals surface area contributed by atoms with Crippen molar-refractivity contribution in [2.45, 2.75) is 6.92 Å². The molecule has 2 aromatic carbocycles. The van der Waals surface area contributed by atoms with Crippen LogP contribution in [-0.2, 0) is 0 Å². The molecule has 0 radical (unpaired) electrons. The monoisotopic (exact) mass is 415 g/mol. The van der Waals surface area contributed by atoms with Crippen LogP contribution in [0.1, 0.15) is 12.5 Å². The second-order valence-corrected chi connectivity index (χ2v) is 6.67. The lowest BCUT2D eigenvalue weighted by Crippen LogP contribution is -2.13. The van der Waals surface area contributed by atoms with Gasteiger partial charge in [-0.3, -0.25) is 4.99 Å². The van der Waals surface area contributed by atoms with Gasteiger partial charge in [-0.1, -0.05) is 12.1 Å². The van der Waals surface area contributed by atoms with E-state index in [1.165, 1.54) is 17.4 Å². The molecule has 0 fully saturated rings. The van der Waals surface area contributed by atoms with Gasteiger partial charge in [-0.25, -0.2) is 9.07 Å². The number of nitrogens with zero attached hydrogens (tertiary/aromatic N) is 3. The van der Waals surface area contributed by atoms with E-state index >= 15 is 0 Å². The van der Waals surface area contributed by atoms with Gasteiger partial charge < -0.3 is 14.2 Å². The summed E-state index contributed by atoms with van der Waals surface area (Å²) in [6, 6.07) is 10.2. The second-order valence-electron chi connectivity index (χ2n) is 5.84. The van der Waals surface area contributed by atoms with Crippen LogP contribution < -0.4 is 19.0 Å². The molecule has 0 bridgehead atoms. The first kappa shape index (κ1) is 20.6. The number of methoxy groups -OCH3 is 3. The van der Waals surface area contributed by atoms with Crippen molar-refractivity contribution >= 4 is 17.6 Å². The molecule has 0 N–H and O–H groups in total. The highest BCUT2D eigenvalue weighted by Gasteiger charge is 2.15. The second kappa shape index (κ2) is 9.38. The number of rotatable bonds is 7. The summed E-state index contributed by atoms with van der Waals surface area (Å²) in [7, 11) is 4.66. The Hall–Kier alpha value is -3.13. The molecule has 0 spiro atoms. The zero-order valence-electron chi connectivity index (χ0n) is 16.7. The van der Waals surface area contributed by atoms with Gasteiger partial charge in [0, 0.05) is 23.1 Å². The predicted molar refractivity (Wildman–Crippen MR) is 113 cm³/mol. The Kier molecular flexibility index (Phi) is 6.66. The van der Waals surface area contributed by atoms with Gasteiger partial charge in [0.15, 0.2) is 11.5 Å². The van der Waals surface area contributed by atoms with Gasteiger partial charge in [0.2, 0.25) is 10.6 Å². The average molecular weight is 415 g/mol. The summed E-state index contributed by atoms with van der Waals surface area (Å²) in [5.41, 5.74) is 1.76. The number of thiazole rings is 1. The molecular formula is C21H22FN3O3S. The fraction of sp³-hybridized carbons (Fsp3) is 0.238. The molecular weight excluding hydrogens is 393 g/mol. The molecule has 0 amide bonds. The van der Waals surface area contributed by atoms with Gasteiger partial charge in [0.25, 0.3) is 0 Å². The Morgan fingerprint density at radius 1 is 1.03 bits per heavy atom. The largest absolute Gasteiger partial charge is 0.493 e. The molecule has 0 saturated carbocycles. The van der Waals surface area contributed by atoms with E-state index < -0.39 is 0 Å². The number of hydrogen-bond donors (Lipinski definition) is 0. The van der Waals surface area contributed by atoms with Crippen LogP contribution in [0.4, 0.5) is 4.39 Å². The van der Waals surface area contributed by atoms with Crippen molar-refractivity contribution in [2.24, 2.45) is 10.1 Å². The Morgan fingerprint density at radius 3 is 2.45 bits per heavy atom. The third kappa shape index (κ3) is 4.17. The summed E-state index contributed by atoms with van der Waals surface area (Å²) >= 11 is 1.40. The van der Waals surface area contributed by atoms with Crippen LogP contribution >= 0.6 is 11.3 Å². The zero-order chi connectivity index (χ0) is 20.8. The first-order chi connectivity index (χ1) is 14.1. The lowest BCUT2D eigenvalue weighted by molar-refractivity contribution is 0.324. The molecule has 1 heterocycles. The van der Waals surface area contributed by atoms with Crippen LogP contribution in [0.2, 0.25) is 0 Å². The van der Waals surface area contributed by atoms with Crippen LogP contribution in [0.3, 0.4) is 0 Å². The van der Waals surface area contributed by atoms with Gasteiger partial charge in [-0.2, -0.15) is 5.10 Å². The summed E-state index contributed by atoms with van der Waals surface area (Å²) in [5, 5.41) is 6.42. The maximum absolute atomic E-state index is 14.4. The minimum absolute atomic E-state index is 0.319. The summed E-state index contributed by atoms with van der Waals surface area (Å²) in [6.07, 6.45) is 1.63. The van der Waals surface area contributed by atoms with Crippen LogP contribution in [0, 0.1) is 5.82 Å². The highest BCUT2D eigenvalue weighted by Crippen LogP contribution is 2.39. The first-order valence-electron chi connectivity index (χ1n) is 8.93. The van der Waals surface area contributed by atoms with Crippen LogP contribution in [-0.4, -0.2) is 38.8 Å². The lowest BCUT2D eigenvalue weighted by Gasteiger charge is -2.13. The Labute approximate surface area is 172 Å². The van der Waals surface area contributed by atoms with Crippen molar-refractivity contribution in [3.8, 4) is 28.5 Å². The molecule has 0 aliphatic heterocycles. The van der Waals surface area contributed by atoms with Crippen LogP contribution in [0.15, 0.2) is 51.9 Å². The third-order valence-electron chi connectivity index (χ3n) is 4.18. The molecule has 0 unspecified atom stereocenters. The van der Waals surface area contributed by atoms with E-state index in [4.69, 9.17) is 14.2 Å². The molecule has 0 atom stereocenters. The van der Waals surface area contributed by atoms with E-state index in [1.54, 1.807) is 56.5 Å². The van der Waals surface area contributed by atoms with E-state index in [1.807, 2.05) is 18.4 Å². The van der Waals surface area contributed by atoms with Gasteiger partial charge >= 0.3 is 0 Å². The van der Waals surface area contributed by atoms with Crippen LogP contribution in [0.5, 0.6) is 17.2 Å². The zero-order valence-corrected chi connectivity index (χ0v) is 17.5. The van der Waals surface area contributed by atoms with Crippen molar-refractivity contribution in [1.29, 1.82) is 0 Å². The highest BCUT2D eigenvalue weighted by molar-refractivity contribution is 7.07. The molecule has 3 aromatic rings. The Bertz CT molecular complexity index is 1090. The molecule has 0 aliphatic rings. The van der Waals surface area contributed by atoms with Gasteiger partial charge in [-0.05, 0) is 31.2 Å². The summed E-state index contributed by atoms with van der Waals surface area (Å²) in [4.78, 5) is 5.14. The van der Waals surface area contributed by atoms with E-state index in [9.17, 15) is 4.39 Å². The Morgan fingerprint density at radius 2 is 1.79 bits per heavy atom. The van der Waals surface area contributed by atoms with E-state index in [2.05, 4.69) is 10.1 Å². The SMILES string of the molecule is CCN=c1scc(-c2ccccc2F)n1/N=C\c1ccc(OC)c(OC)c1OC. The molecule has 1 aromatic heterocycles. The molecule has 0 aliphatic carbocycles. The number of benzene rings is 2. The molecule has 0 saturated heterocycles. The number of aromatic nitrogens is 1. The third-order valence-corrected chi connectivity index (χ3v) is 5.03. The smallest absolute Gasteiger partial charge is 0.206 e. The Balaban J connectivity index is 2.14. The molecule has 3 rings (SSSR count). The van der Waals surface area contributed by atoms with Crippen molar-refractivity contribution in [1.82, 2.24) is 4.68 Å². The summed E-state index contributed by atoms with van der Waals surface area (Å²) < 4.78 is 32.2. The maximum Gasteiger partial charge on any atom is 0.206 e. The lowest BCUT2D eigenvalue weighted by atomic mass is 10.1. The van der Waals surface area contributed by atoms with Crippen molar-refractivity contribution < 1.29 is 18.6 Å². The maximum atomic E-state index is 14.4. The fourth-order valence-electron chi connectivity index (χ4n) is 2.86. The van der Waals surface area contributed by atoms with Gasteiger partial charge in [-0.15, -0.1) is 11.3 Å². The van der Waals surface area contributed by atoms with Crippen molar-refractivity contribution in [3.63, 3.8) is 0 Å². The van der Waals surface area contributed by atoms with Crippen LogP contribution in [0.25, 0.3) is 11.3 Å². The predicted octanol–water partition coefficient (Wildman–Crippen LogP) is 4.18. The molecule has 8 heteroatoms. The average Bonchev–Trinajstić information content (AvgIpc) is 3.14. The first-order valence-corrected chi connectivity index (χ1v) is 9.81. The highest BCUT2D eigenvalue weighted by atomic mass is 32.1. The van der Waals surface area contributed by atoms with Crippen molar-refractivity contribution in [2.75, 3.05) is 27.9 Å². The fourth-order valence-corrected chi connectivity index (χ4v) is 3.75. The van der Waals surface area contributed by atoms with E-state index in [0.29, 0.717) is 45.4 Å². The van der Waals surface area contributed by atoms with Gasteiger partial charge in [0.05, 0.1) is 33.2 Å². The molecule has 6 nitrogen and oxygen atoms in total. The van der Waals surface area contributed by atoms with E-state index in [-0.39, 0.29) is 5.82 Å². The minimum atomic E-state index is -0.319. The summed E-state index contributed by atoms with van der Waals surface area (Å²) in [5.74, 6) is 1.20. The van der Waals surface area contributed by atoms with Crippen molar-refractivity contribution in [3.05, 3.63) is 58.0 Å². The molecule has 152 valence electrons. The van der Waals surface area contributed by atoms with Gasteiger partial charge in [0.1, 0.15) is 5.82 Å². The van der Waals surface area contributed by atoms with E-state index in [0.717, 1.165) is 0 Å². The molecule has 29 heavy (non-hydrogen) atoms. The summed E-state index contributed by atoms with van der Waals surface area (Å²) in [6.45, 7) is 2.53. The number of ether oxygens (including phenoxy) is 3.